The number of ketones is 2. The number of rotatable bonds is 3. The van der Waals surface area contributed by atoms with Crippen LogP contribution in [0.25, 0.3) is 0 Å². The summed E-state index contributed by atoms with van der Waals surface area (Å²) in [6, 6.07) is 1.54. The van der Waals surface area contributed by atoms with E-state index in [1.54, 1.807) is 19.9 Å². The maximum atomic E-state index is 12.2. The van der Waals surface area contributed by atoms with Gasteiger partial charge in [0.05, 0.1) is 18.8 Å². The first-order valence-electron chi connectivity index (χ1n) is 6.25. The molecule has 0 aliphatic heterocycles. The normalized spacial score (nSPS) is 15.7. The quantitative estimate of drug-likeness (QED) is 0.874. The van der Waals surface area contributed by atoms with E-state index in [1.807, 2.05) is 0 Å². The molecule has 1 aliphatic rings. The Morgan fingerprint density at radius 1 is 1.35 bits per heavy atom. The molecular formula is C15H16O5. The van der Waals surface area contributed by atoms with Gasteiger partial charge >= 0.3 is 0 Å². The zero-order chi connectivity index (χ0) is 15.0. The Kier molecular flexibility index (Phi) is 3.63. The van der Waals surface area contributed by atoms with Gasteiger partial charge in [-0.15, -0.1) is 0 Å². The Balaban J connectivity index is 2.65. The smallest absolute Gasteiger partial charge is 0.228 e. The zero-order valence-electron chi connectivity index (χ0n) is 11.6. The van der Waals surface area contributed by atoms with Crippen molar-refractivity contribution in [3.63, 3.8) is 0 Å². The third kappa shape index (κ3) is 2.20. The zero-order valence-corrected chi connectivity index (χ0v) is 11.6. The number of carbonyl (C=O) groups excluding carboxylic acids is 2. The summed E-state index contributed by atoms with van der Waals surface area (Å²) in [5.41, 5.74) is 1.26. The molecule has 0 unspecified atom stereocenters. The van der Waals surface area contributed by atoms with Crippen molar-refractivity contribution in [3.8, 4) is 5.75 Å². The molecule has 0 heterocycles. The maximum Gasteiger partial charge on any atom is 0.228 e. The van der Waals surface area contributed by atoms with E-state index in [4.69, 9.17) is 4.74 Å². The average Bonchev–Trinajstić information content (AvgIpc) is 2.38. The fourth-order valence-electron chi connectivity index (χ4n) is 2.32. The molecule has 2 rings (SSSR count). The van der Waals surface area contributed by atoms with Crippen LogP contribution in [0.3, 0.4) is 0 Å². The van der Waals surface area contributed by atoms with Crippen LogP contribution in [0.15, 0.2) is 17.9 Å². The molecule has 5 heteroatoms. The van der Waals surface area contributed by atoms with Gasteiger partial charge in [0.2, 0.25) is 5.78 Å². The summed E-state index contributed by atoms with van der Waals surface area (Å²) in [6.45, 7) is 3.27. The highest BCUT2D eigenvalue weighted by atomic mass is 16.5. The van der Waals surface area contributed by atoms with E-state index in [2.05, 4.69) is 0 Å². The number of aliphatic hydroxyl groups excluding tert-OH is 1. The molecule has 1 aliphatic carbocycles. The first-order chi connectivity index (χ1) is 9.36. The molecule has 106 valence electrons. The van der Waals surface area contributed by atoms with Crippen LogP contribution in [-0.4, -0.2) is 35.0 Å². The number of hydrogen-bond acceptors (Lipinski definition) is 5. The molecule has 1 aromatic rings. The summed E-state index contributed by atoms with van der Waals surface area (Å²) >= 11 is 0. The molecule has 0 saturated heterocycles. The van der Waals surface area contributed by atoms with E-state index in [0.717, 1.165) is 6.08 Å². The van der Waals surface area contributed by atoms with Crippen molar-refractivity contribution in [1.29, 1.82) is 0 Å². The molecule has 1 aromatic carbocycles. The maximum absolute atomic E-state index is 12.2. The standard InChI is InChI=1S/C15H16O5/c1-7(16)4-9-5-10-13(14(18)8(9)2)11(17)6-12(20-3)15(10)19/h5-7,16,18H,4H2,1-3H3/t7-/m0/s1. The van der Waals surface area contributed by atoms with E-state index in [0.29, 0.717) is 17.5 Å². The third-order valence-electron chi connectivity index (χ3n) is 3.37. The van der Waals surface area contributed by atoms with Crippen molar-refractivity contribution in [1.82, 2.24) is 0 Å². The number of ether oxygens (including phenoxy) is 1. The van der Waals surface area contributed by atoms with Gasteiger partial charge in [0.25, 0.3) is 0 Å². The topological polar surface area (TPSA) is 83.8 Å². The van der Waals surface area contributed by atoms with Gasteiger partial charge in [0.1, 0.15) is 5.75 Å². The van der Waals surface area contributed by atoms with Crippen LogP contribution in [0.2, 0.25) is 0 Å². The Bertz CT molecular complexity index is 626. The number of Topliss-reactive ketones (excluding diaryl/α,β-unsaturated/α-hetero) is 1. The lowest BCUT2D eigenvalue weighted by Gasteiger charge is -2.19. The minimum atomic E-state index is -0.613. The van der Waals surface area contributed by atoms with Crippen molar-refractivity contribution >= 4 is 11.6 Å². The Labute approximate surface area is 116 Å². The second-order valence-corrected chi connectivity index (χ2v) is 4.89. The van der Waals surface area contributed by atoms with Crippen molar-refractivity contribution < 1.29 is 24.5 Å². The van der Waals surface area contributed by atoms with Crippen LogP contribution < -0.4 is 0 Å². The molecule has 0 spiro atoms. The fraction of sp³-hybridized carbons (Fsp3) is 0.333. The Hall–Kier alpha value is -2.14. The van der Waals surface area contributed by atoms with Crippen molar-refractivity contribution in [2.75, 3.05) is 7.11 Å². The summed E-state index contributed by atoms with van der Waals surface area (Å²) in [5.74, 6) is -1.15. The van der Waals surface area contributed by atoms with Crippen LogP contribution in [0.1, 0.15) is 38.8 Å². The van der Waals surface area contributed by atoms with Crippen LogP contribution in [0.4, 0.5) is 0 Å². The lowest BCUT2D eigenvalue weighted by molar-refractivity contribution is 0.0914. The van der Waals surface area contributed by atoms with Gasteiger partial charge < -0.3 is 14.9 Å². The van der Waals surface area contributed by atoms with Crippen molar-refractivity contribution in [2.24, 2.45) is 0 Å². The van der Waals surface area contributed by atoms with Gasteiger partial charge in [-0.2, -0.15) is 0 Å². The number of aromatic hydroxyl groups is 1. The van der Waals surface area contributed by atoms with Gasteiger partial charge in [-0.25, -0.2) is 0 Å². The van der Waals surface area contributed by atoms with Crippen LogP contribution in [-0.2, 0) is 11.2 Å². The summed E-state index contributed by atoms with van der Waals surface area (Å²) < 4.78 is 4.88. The van der Waals surface area contributed by atoms with Gasteiger partial charge in [0, 0.05) is 11.6 Å². The number of aliphatic hydroxyl groups is 1. The number of benzene rings is 1. The highest BCUT2D eigenvalue weighted by molar-refractivity contribution is 6.25. The minimum Gasteiger partial charge on any atom is -0.507 e. The molecular weight excluding hydrogens is 260 g/mol. The van der Waals surface area contributed by atoms with Crippen LogP contribution in [0.5, 0.6) is 5.75 Å². The second-order valence-electron chi connectivity index (χ2n) is 4.89. The first-order valence-corrected chi connectivity index (χ1v) is 6.25. The van der Waals surface area contributed by atoms with Gasteiger partial charge in [-0.1, -0.05) is 0 Å². The monoisotopic (exact) mass is 276 g/mol. The third-order valence-corrected chi connectivity index (χ3v) is 3.37. The largest absolute Gasteiger partial charge is 0.507 e. The molecule has 0 fully saturated rings. The predicted molar refractivity (Wildman–Crippen MR) is 72.0 cm³/mol. The molecule has 0 bridgehead atoms. The summed E-state index contributed by atoms with van der Waals surface area (Å²) in [6.07, 6.45) is 0.760. The number of methoxy groups -OCH3 is 1. The Morgan fingerprint density at radius 3 is 2.55 bits per heavy atom. The van der Waals surface area contributed by atoms with Crippen LogP contribution >= 0.6 is 0 Å². The molecule has 0 radical (unpaired) electrons. The minimum absolute atomic E-state index is 0.00245. The lowest BCUT2D eigenvalue weighted by Crippen LogP contribution is -2.20. The van der Waals surface area contributed by atoms with Gasteiger partial charge in [-0.05, 0) is 37.5 Å². The van der Waals surface area contributed by atoms with E-state index in [-0.39, 0.29) is 22.6 Å². The number of phenols is 1. The van der Waals surface area contributed by atoms with Crippen LogP contribution in [0, 0.1) is 6.92 Å². The fourth-order valence-corrected chi connectivity index (χ4v) is 2.32. The van der Waals surface area contributed by atoms with E-state index in [1.165, 1.54) is 7.11 Å². The SMILES string of the molecule is COC1=CC(=O)c2c(cc(C[C@H](C)O)c(C)c2O)C1=O. The van der Waals surface area contributed by atoms with E-state index in [9.17, 15) is 19.8 Å². The van der Waals surface area contributed by atoms with E-state index >= 15 is 0 Å². The highest BCUT2D eigenvalue weighted by Gasteiger charge is 2.31. The molecule has 5 nitrogen and oxygen atoms in total. The molecule has 20 heavy (non-hydrogen) atoms. The van der Waals surface area contributed by atoms with Gasteiger partial charge in [0.15, 0.2) is 11.5 Å². The molecule has 0 amide bonds. The lowest BCUT2D eigenvalue weighted by atomic mass is 9.87. The highest BCUT2D eigenvalue weighted by Crippen LogP contribution is 2.34. The number of hydrogen-bond donors (Lipinski definition) is 2. The molecule has 0 aromatic heterocycles. The van der Waals surface area contributed by atoms with Crippen molar-refractivity contribution in [3.05, 3.63) is 40.2 Å². The predicted octanol–water partition coefficient (Wildman–Crippen LogP) is 1.53. The Morgan fingerprint density at radius 2 is 2.00 bits per heavy atom. The summed E-state index contributed by atoms with van der Waals surface area (Å²) in [7, 11) is 1.31. The van der Waals surface area contributed by atoms with Crippen molar-refractivity contribution in [2.45, 2.75) is 26.4 Å². The summed E-state index contributed by atoms with van der Waals surface area (Å²) in [5, 5.41) is 19.6. The number of phenolic OH excluding ortho intramolecular Hbond substituents is 1. The summed E-state index contributed by atoms with van der Waals surface area (Å²) in [4.78, 5) is 24.2. The number of fused-ring (bicyclic) bond motifs is 1. The number of carbonyl (C=O) groups is 2. The molecule has 2 N–H and O–H groups in total. The number of allylic oxidation sites excluding steroid dienone is 2. The molecule has 1 atom stereocenters. The van der Waals surface area contributed by atoms with Gasteiger partial charge in [-0.3, -0.25) is 9.59 Å². The second kappa shape index (κ2) is 5.09. The first kappa shape index (κ1) is 14.3. The molecule has 0 saturated carbocycles. The average molecular weight is 276 g/mol. The van der Waals surface area contributed by atoms with E-state index < -0.39 is 17.7 Å².